The van der Waals surface area contributed by atoms with Gasteiger partial charge in [-0.2, -0.15) is 0 Å². The van der Waals surface area contributed by atoms with E-state index in [4.69, 9.17) is 40.6 Å². The van der Waals surface area contributed by atoms with Crippen LogP contribution in [0, 0.1) is 0 Å². The molecule has 1 saturated heterocycles. The van der Waals surface area contributed by atoms with Gasteiger partial charge in [-0.1, -0.05) is 30.3 Å². The van der Waals surface area contributed by atoms with E-state index in [-0.39, 0.29) is 11.7 Å². The summed E-state index contributed by atoms with van der Waals surface area (Å²) in [6.45, 7) is 3.44. The van der Waals surface area contributed by atoms with E-state index in [2.05, 4.69) is 0 Å². The van der Waals surface area contributed by atoms with Gasteiger partial charge in [0.2, 0.25) is 0 Å². The van der Waals surface area contributed by atoms with Crippen LogP contribution in [0.2, 0.25) is 0 Å². The van der Waals surface area contributed by atoms with Crippen LogP contribution in [0.3, 0.4) is 0 Å². The van der Waals surface area contributed by atoms with Crippen molar-refractivity contribution >= 4 is 35.2 Å². The molecule has 1 aliphatic rings. The predicted molar refractivity (Wildman–Crippen MR) is 106 cm³/mol. The van der Waals surface area contributed by atoms with Crippen molar-refractivity contribution in [1.29, 1.82) is 0 Å². The fourth-order valence-corrected chi connectivity index (χ4v) is 3.20. The molecule has 5 atom stereocenters. The number of thiocarbonyl (C=S) groups is 1. The van der Waals surface area contributed by atoms with Gasteiger partial charge in [0.15, 0.2) is 29.7 Å². The SMILES string of the molecule is CO[C@@H]1O[C@H](COC(=S)c2ccccc2)[C@@H](OC(C)=O)[C@H](OC(C)=O)[C@H]1OC(C)=O. The lowest BCUT2D eigenvalue weighted by Crippen LogP contribution is -2.62. The number of methoxy groups -OCH3 is 1. The molecule has 0 unspecified atom stereocenters. The van der Waals surface area contributed by atoms with E-state index in [1.165, 1.54) is 27.9 Å². The van der Waals surface area contributed by atoms with E-state index in [0.29, 0.717) is 5.56 Å². The zero-order valence-electron chi connectivity index (χ0n) is 17.1. The summed E-state index contributed by atoms with van der Waals surface area (Å²) in [5.74, 6) is -1.95. The normalized spacial score (nSPS) is 25.7. The van der Waals surface area contributed by atoms with Crippen molar-refractivity contribution in [2.75, 3.05) is 13.7 Å². The minimum absolute atomic E-state index is 0.129. The van der Waals surface area contributed by atoms with E-state index in [1.807, 2.05) is 18.2 Å². The lowest BCUT2D eigenvalue weighted by atomic mass is 9.98. The zero-order chi connectivity index (χ0) is 22.3. The third kappa shape index (κ3) is 6.48. The first kappa shape index (κ1) is 23.7. The van der Waals surface area contributed by atoms with Gasteiger partial charge in [-0.25, -0.2) is 0 Å². The Hall–Kier alpha value is -2.56. The van der Waals surface area contributed by atoms with Crippen molar-refractivity contribution in [2.24, 2.45) is 0 Å². The molecular weight excluding hydrogens is 416 g/mol. The summed E-state index contributed by atoms with van der Waals surface area (Å²) < 4.78 is 32.7. The number of benzene rings is 1. The van der Waals surface area contributed by atoms with Crippen molar-refractivity contribution in [3.8, 4) is 0 Å². The Morgan fingerprint density at radius 3 is 1.97 bits per heavy atom. The monoisotopic (exact) mass is 440 g/mol. The molecule has 1 aromatic rings. The predicted octanol–water partition coefficient (Wildman–Crippen LogP) is 1.55. The van der Waals surface area contributed by atoms with E-state index in [1.54, 1.807) is 12.1 Å². The Morgan fingerprint density at radius 1 is 0.900 bits per heavy atom. The smallest absolute Gasteiger partial charge is 0.303 e. The fraction of sp³-hybridized carbons (Fsp3) is 0.500. The summed E-state index contributed by atoms with van der Waals surface area (Å²) in [6, 6.07) is 9.03. The molecule has 10 heteroatoms. The number of esters is 3. The third-order valence-corrected chi connectivity index (χ3v) is 4.47. The minimum atomic E-state index is -1.17. The molecular formula is C20H24O9S. The van der Waals surface area contributed by atoms with Gasteiger partial charge in [0.1, 0.15) is 12.7 Å². The third-order valence-electron chi connectivity index (χ3n) is 4.12. The van der Waals surface area contributed by atoms with Gasteiger partial charge in [-0.3, -0.25) is 14.4 Å². The second kappa shape index (κ2) is 11.0. The van der Waals surface area contributed by atoms with Crippen LogP contribution in [0.25, 0.3) is 0 Å². The maximum Gasteiger partial charge on any atom is 0.303 e. The van der Waals surface area contributed by atoms with E-state index in [0.717, 1.165) is 0 Å². The van der Waals surface area contributed by atoms with Crippen molar-refractivity contribution in [3.63, 3.8) is 0 Å². The van der Waals surface area contributed by atoms with E-state index in [9.17, 15) is 14.4 Å². The van der Waals surface area contributed by atoms with Gasteiger partial charge in [-0.05, 0) is 12.2 Å². The Bertz CT molecular complexity index is 767. The number of rotatable bonds is 7. The summed E-state index contributed by atoms with van der Waals surface area (Å²) in [6.07, 6.45) is -5.47. The van der Waals surface area contributed by atoms with Crippen molar-refractivity contribution in [2.45, 2.75) is 51.5 Å². The average molecular weight is 440 g/mol. The quantitative estimate of drug-likeness (QED) is 0.352. The zero-order valence-corrected chi connectivity index (χ0v) is 17.9. The molecule has 0 radical (unpaired) electrons. The summed E-state index contributed by atoms with van der Waals surface area (Å²) in [4.78, 5) is 35.0. The number of carbonyl (C=O) groups is 3. The fourth-order valence-electron chi connectivity index (χ4n) is 2.99. The largest absolute Gasteiger partial charge is 0.480 e. The summed E-state index contributed by atoms with van der Waals surface area (Å²) in [5.41, 5.74) is 0.685. The van der Waals surface area contributed by atoms with Gasteiger partial charge < -0.3 is 28.4 Å². The molecule has 0 saturated carbocycles. The van der Waals surface area contributed by atoms with Crippen LogP contribution in [0.1, 0.15) is 26.3 Å². The lowest BCUT2D eigenvalue weighted by molar-refractivity contribution is -0.301. The maximum absolute atomic E-state index is 11.7. The highest BCUT2D eigenvalue weighted by Gasteiger charge is 2.52. The van der Waals surface area contributed by atoms with Crippen LogP contribution in [-0.4, -0.2) is 67.4 Å². The van der Waals surface area contributed by atoms with Crippen molar-refractivity contribution < 1.29 is 42.8 Å². The maximum atomic E-state index is 11.7. The molecule has 1 heterocycles. The highest BCUT2D eigenvalue weighted by molar-refractivity contribution is 7.80. The molecule has 1 aromatic carbocycles. The number of ether oxygens (including phenoxy) is 6. The second-order valence-electron chi connectivity index (χ2n) is 6.47. The first-order valence-corrected chi connectivity index (χ1v) is 9.55. The molecule has 1 fully saturated rings. The number of carbonyl (C=O) groups excluding carboxylic acids is 3. The standard InChI is InChI=1S/C20H24O9S/c1-11(21)26-16-15(10-25-20(30)14-8-6-5-7-9-14)29-19(24-4)18(28-13(3)23)17(16)27-12(2)22/h5-9,15-19H,10H2,1-4H3/t15-,16-,17+,18-,19-/m1/s1. The second-order valence-corrected chi connectivity index (χ2v) is 6.84. The molecule has 0 aromatic heterocycles. The molecule has 0 aliphatic carbocycles. The number of hydrogen-bond acceptors (Lipinski definition) is 10. The minimum Gasteiger partial charge on any atom is -0.480 e. The first-order chi connectivity index (χ1) is 14.2. The van der Waals surface area contributed by atoms with Crippen LogP contribution in [0.4, 0.5) is 0 Å². The van der Waals surface area contributed by atoms with Crippen LogP contribution >= 0.6 is 12.2 Å². The van der Waals surface area contributed by atoms with Crippen LogP contribution in [0.15, 0.2) is 30.3 Å². The molecule has 0 bridgehead atoms. The van der Waals surface area contributed by atoms with Crippen LogP contribution in [0.5, 0.6) is 0 Å². The van der Waals surface area contributed by atoms with Gasteiger partial charge in [0.05, 0.1) is 0 Å². The number of hydrogen-bond donors (Lipinski definition) is 0. The van der Waals surface area contributed by atoms with E-state index < -0.39 is 48.6 Å². The molecule has 0 spiro atoms. The van der Waals surface area contributed by atoms with Gasteiger partial charge in [0, 0.05) is 33.4 Å². The summed E-state index contributed by atoms with van der Waals surface area (Å²) in [5, 5.41) is 0.209. The summed E-state index contributed by atoms with van der Waals surface area (Å²) in [7, 11) is 1.34. The highest BCUT2D eigenvalue weighted by atomic mass is 32.1. The highest BCUT2D eigenvalue weighted by Crippen LogP contribution is 2.29. The topological polar surface area (TPSA) is 107 Å². The van der Waals surface area contributed by atoms with Crippen LogP contribution < -0.4 is 0 Å². The van der Waals surface area contributed by atoms with Crippen molar-refractivity contribution in [3.05, 3.63) is 35.9 Å². The molecule has 2 rings (SSSR count). The average Bonchev–Trinajstić information content (AvgIpc) is 2.69. The van der Waals surface area contributed by atoms with Crippen LogP contribution in [-0.2, 0) is 42.8 Å². The molecule has 1 aliphatic heterocycles. The van der Waals surface area contributed by atoms with E-state index >= 15 is 0 Å². The molecule has 9 nitrogen and oxygen atoms in total. The Labute approximate surface area is 179 Å². The molecule has 0 N–H and O–H groups in total. The summed E-state index contributed by atoms with van der Waals surface area (Å²) >= 11 is 5.28. The van der Waals surface area contributed by atoms with Crippen molar-refractivity contribution in [1.82, 2.24) is 0 Å². The first-order valence-electron chi connectivity index (χ1n) is 9.15. The van der Waals surface area contributed by atoms with Gasteiger partial charge in [0.25, 0.3) is 0 Å². The molecule has 30 heavy (non-hydrogen) atoms. The van der Waals surface area contributed by atoms with Gasteiger partial charge >= 0.3 is 17.9 Å². The Morgan fingerprint density at radius 2 is 1.43 bits per heavy atom. The molecule has 0 amide bonds. The molecule has 164 valence electrons. The van der Waals surface area contributed by atoms with Gasteiger partial charge in [-0.15, -0.1) is 0 Å². The Balaban J connectivity index is 2.27. The Kier molecular flexibility index (Phi) is 8.70. The lowest BCUT2D eigenvalue weighted by Gasteiger charge is -2.43.